The fourth-order valence-electron chi connectivity index (χ4n) is 1.67. The molecule has 0 fully saturated rings. The van der Waals surface area contributed by atoms with Crippen LogP contribution in [0.25, 0.3) is 0 Å². The van der Waals surface area contributed by atoms with Gasteiger partial charge in [0.05, 0.1) is 0 Å². The molecule has 0 atom stereocenters. The van der Waals surface area contributed by atoms with E-state index in [0.717, 1.165) is 22.5 Å². The minimum absolute atomic E-state index is 0.479. The molecule has 0 aliphatic carbocycles. The van der Waals surface area contributed by atoms with Gasteiger partial charge in [-0.05, 0) is 29.8 Å². The van der Waals surface area contributed by atoms with E-state index in [2.05, 4.69) is 41.2 Å². The zero-order valence-electron chi connectivity index (χ0n) is 11.2. The molecule has 0 unspecified atom stereocenters. The van der Waals surface area contributed by atoms with Crippen LogP contribution in [0.4, 0.5) is 0 Å². The van der Waals surface area contributed by atoms with Gasteiger partial charge in [-0.3, -0.25) is 0 Å². The molecule has 0 bridgehead atoms. The van der Waals surface area contributed by atoms with Crippen molar-refractivity contribution in [2.75, 3.05) is 0 Å². The first-order valence-corrected chi connectivity index (χ1v) is 7.19. The maximum absolute atomic E-state index is 5.79. The predicted octanol–water partition coefficient (Wildman–Crippen LogP) is 4.74. The van der Waals surface area contributed by atoms with Crippen LogP contribution in [0, 0.1) is 0 Å². The van der Waals surface area contributed by atoms with Gasteiger partial charge in [0.15, 0.2) is 0 Å². The molecule has 0 aliphatic heterocycles. The van der Waals surface area contributed by atoms with Crippen molar-refractivity contribution in [2.45, 2.75) is 26.4 Å². The second-order valence-corrected chi connectivity index (χ2v) is 5.56. The molecule has 0 saturated heterocycles. The first-order valence-electron chi connectivity index (χ1n) is 6.40. The molecule has 100 valence electrons. The normalized spacial score (nSPS) is 10.7. The topological polar surface area (TPSA) is 21.3 Å². The summed E-state index contributed by atoms with van der Waals surface area (Å²) in [7, 11) is 0. The molecular weight excluding hydrogens is 302 g/mol. The average Bonchev–Trinajstić information content (AvgIpc) is 2.39. The third-order valence-corrected chi connectivity index (χ3v) is 3.44. The molecule has 1 N–H and O–H groups in total. The zero-order chi connectivity index (χ0) is 13.7. The lowest BCUT2D eigenvalue weighted by atomic mass is 10.2. The first kappa shape index (κ1) is 14.1. The van der Waals surface area contributed by atoms with Crippen molar-refractivity contribution in [2.24, 2.45) is 0 Å². The summed E-state index contributed by atoms with van der Waals surface area (Å²) < 4.78 is 6.85. The van der Waals surface area contributed by atoms with Gasteiger partial charge in [-0.25, -0.2) is 0 Å². The van der Waals surface area contributed by atoms with Crippen LogP contribution < -0.4 is 10.1 Å². The third kappa shape index (κ3) is 4.37. The minimum Gasteiger partial charge on any atom is -0.457 e. The predicted molar refractivity (Wildman–Crippen MR) is 82.6 cm³/mol. The Bertz CT molecular complexity index is 526. The van der Waals surface area contributed by atoms with Crippen LogP contribution >= 0.6 is 15.9 Å². The van der Waals surface area contributed by atoms with E-state index in [1.54, 1.807) is 0 Å². The van der Waals surface area contributed by atoms with Gasteiger partial charge in [-0.2, -0.15) is 0 Å². The van der Waals surface area contributed by atoms with Gasteiger partial charge in [-0.15, -0.1) is 0 Å². The summed E-state index contributed by atoms with van der Waals surface area (Å²) in [5, 5.41) is 3.40. The van der Waals surface area contributed by atoms with Gasteiger partial charge in [0.25, 0.3) is 0 Å². The fraction of sp³-hybridized carbons (Fsp3) is 0.250. The number of ether oxygens (including phenoxy) is 1. The number of hydrogen-bond donors (Lipinski definition) is 1. The lowest BCUT2D eigenvalue weighted by Crippen LogP contribution is -2.21. The largest absolute Gasteiger partial charge is 0.457 e. The average molecular weight is 320 g/mol. The fourth-order valence-corrected chi connectivity index (χ4v) is 2.17. The van der Waals surface area contributed by atoms with Crippen LogP contribution in [-0.2, 0) is 6.54 Å². The quantitative estimate of drug-likeness (QED) is 0.859. The molecular formula is C16H18BrNO. The number of rotatable bonds is 5. The minimum atomic E-state index is 0.479. The molecule has 2 nitrogen and oxygen atoms in total. The molecule has 3 heteroatoms. The molecule has 0 radical (unpaired) electrons. The second-order valence-electron chi connectivity index (χ2n) is 4.70. The van der Waals surface area contributed by atoms with Crippen molar-refractivity contribution in [3.63, 3.8) is 0 Å². The second kappa shape index (κ2) is 6.73. The van der Waals surface area contributed by atoms with Crippen molar-refractivity contribution < 1.29 is 4.74 Å². The lowest BCUT2D eigenvalue weighted by molar-refractivity contribution is 0.482. The molecule has 0 saturated carbocycles. The summed E-state index contributed by atoms with van der Waals surface area (Å²) in [6.45, 7) is 5.13. The molecule has 2 aromatic carbocycles. The van der Waals surface area contributed by atoms with E-state index >= 15 is 0 Å². The summed E-state index contributed by atoms with van der Waals surface area (Å²) in [5.74, 6) is 1.69. The van der Waals surface area contributed by atoms with Crippen molar-refractivity contribution in [1.29, 1.82) is 0 Å². The molecule has 2 aromatic rings. The summed E-state index contributed by atoms with van der Waals surface area (Å²) in [6.07, 6.45) is 0. The highest BCUT2D eigenvalue weighted by Gasteiger charge is 2.04. The summed E-state index contributed by atoms with van der Waals surface area (Å²) in [6, 6.07) is 16.4. The number of hydrogen-bond acceptors (Lipinski definition) is 2. The highest BCUT2D eigenvalue weighted by atomic mass is 79.9. The smallest absolute Gasteiger partial charge is 0.128 e. The number of halogens is 1. The van der Waals surface area contributed by atoms with Gasteiger partial charge >= 0.3 is 0 Å². The van der Waals surface area contributed by atoms with Gasteiger partial charge in [-0.1, -0.05) is 54.0 Å². The molecule has 0 amide bonds. The van der Waals surface area contributed by atoms with E-state index in [1.165, 1.54) is 5.56 Å². The monoisotopic (exact) mass is 319 g/mol. The van der Waals surface area contributed by atoms with E-state index in [9.17, 15) is 0 Å². The van der Waals surface area contributed by atoms with Crippen molar-refractivity contribution >= 4 is 15.9 Å². The lowest BCUT2D eigenvalue weighted by Gasteiger charge is -2.11. The highest BCUT2D eigenvalue weighted by Crippen LogP contribution is 2.27. The molecule has 0 aromatic heterocycles. The maximum Gasteiger partial charge on any atom is 0.128 e. The molecule has 2 rings (SSSR count). The van der Waals surface area contributed by atoms with Gasteiger partial charge in [0, 0.05) is 17.1 Å². The van der Waals surface area contributed by atoms with Gasteiger partial charge in [0.1, 0.15) is 11.5 Å². The van der Waals surface area contributed by atoms with Crippen LogP contribution in [0.2, 0.25) is 0 Å². The molecule has 19 heavy (non-hydrogen) atoms. The Morgan fingerprint density at radius 2 is 1.79 bits per heavy atom. The standard InChI is InChI=1S/C16H18BrNO/c1-12(2)18-11-13-8-9-15(10-16(13)17)19-14-6-4-3-5-7-14/h3-10,12,18H,11H2,1-2H3. The van der Waals surface area contributed by atoms with Crippen molar-refractivity contribution in [1.82, 2.24) is 5.32 Å². The first-order chi connectivity index (χ1) is 9.15. The van der Waals surface area contributed by atoms with Crippen LogP contribution in [0.3, 0.4) is 0 Å². The van der Waals surface area contributed by atoms with E-state index in [4.69, 9.17) is 4.74 Å². The maximum atomic E-state index is 5.79. The van der Waals surface area contributed by atoms with Crippen LogP contribution in [0.1, 0.15) is 19.4 Å². The van der Waals surface area contributed by atoms with Crippen LogP contribution in [-0.4, -0.2) is 6.04 Å². The highest BCUT2D eigenvalue weighted by molar-refractivity contribution is 9.10. The summed E-state index contributed by atoms with van der Waals surface area (Å²) in [5.41, 5.74) is 1.23. The van der Waals surface area contributed by atoms with Gasteiger partial charge < -0.3 is 10.1 Å². The number of nitrogens with one attached hydrogen (secondary N) is 1. The van der Waals surface area contributed by atoms with E-state index in [-0.39, 0.29) is 0 Å². The zero-order valence-corrected chi connectivity index (χ0v) is 12.8. The van der Waals surface area contributed by atoms with Crippen molar-refractivity contribution in [3.05, 3.63) is 58.6 Å². The Balaban J connectivity index is 2.06. The number of para-hydroxylation sites is 1. The Morgan fingerprint density at radius 3 is 2.42 bits per heavy atom. The Hall–Kier alpha value is -1.32. The Labute approximate surface area is 122 Å². The molecule has 0 aliphatic rings. The molecule has 0 heterocycles. The SMILES string of the molecule is CC(C)NCc1ccc(Oc2ccccc2)cc1Br. The summed E-state index contributed by atoms with van der Waals surface area (Å²) in [4.78, 5) is 0. The van der Waals surface area contributed by atoms with E-state index < -0.39 is 0 Å². The van der Waals surface area contributed by atoms with Gasteiger partial charge in [0.2, 0.25) is 0 Å². The Morgan fingerprint density at radius 1 is 1.05 bits per heavy atom. The molecule has 0 spiro atoms. The van der Waals surface area contributed by atoms with Crippen LogP contribution in [0.5, 0.6) is 11.5 Å². The van der Waals surface area contributed by atoms with Crippen molar-refractivity contribution in [3.8, 4) is 11.5 Å². The summed E-state index contributed by atoms with van der Waals surface area (Å²) >= 11 is 3.59. The van der Waals surface area contributed by atoms with E-state index in [1.807, 2.05) is 42.5 Å². The third-order valence-electron chi connectivity index (χ3n) is 2.70. The van der Waals surface area contributed by atoms with Crippen LogP contribution in [0.15, 0.2) is 53.0 Å². The number of benzene rings is 2. The van der Waals surface area contributed by atoms with E-state index in [0.29, 0.717) is 6.04 Å². The Kier molecular flexibility index (Phi) is 5.00.